The lowest BCUT2D eigenvalue weighted by Crippen LogP contribution is -2.62. The molecule has 81 heavy (non-hydrogen) atoms. The summed E-state index contributed by atoms with van der Waals surface area (Å²) in [4.78, 5) is 5.50. The van der Waals surface area contributed by atoms with Crippen molar-refractivity contribution in [1.29, 1.82) is 0 Å². The molecule has 13 rings (SSSR count). The lowest BCUT2D eigenvalue weighted by atomic mass is 9.33. The van der Waals surface area contributed by atoms with Gasteiger partial charge in [-0.1, -0.05) is 202 Å². The third-order valence-corrected chi connectivity index (χ3v) is 22.6. The first-order valence-electron chi connectivity index (χ1n) is 31.5. The number of anilines is 6. The molecule has 1 saturated carbocycles. The van der Waals surface area contributed by atoms with E-state index in [0.717, 1.165) is 19.3 Å². The molecule has 2 nitrogen and oxygen atoms in total. The molecule has 4 aliphatic carbocycles. The fourth-order valence-electron chi connectivity index (χ4n) is 17.8. The monoisotopic (exact) mass is 1070 g/mol. The topological polar surface area (TPSA) is 6.48 Å². The predicted octanol–water partition coefficient (Wildman–Crippen LogP) is 19.5. The van der Waals surface area contributed by atoms with Gasteiger partial charge in [0, 0.05) is 34.0 Å². The van der Waals surface area contributed by atoms with Gasteiger partial charge in [0.15, 0.2) is 0 Å². The summed E-state index contributed by atoms with van der Waals surface area (Å²) in [6.45, 7) is 44.3. The maximum absolute atomic E-state index is 2.77. The Morgan fingerprint density at radius 2 is 1.05 bits per heavy atom. The Kier molecular flexibility index (Phi) is 12.0. The van der Waals surface area contributed by atoms with E-state index >= 15 is 0 Å². The second kappa shape index (κ2) is 17.9. The number of aryl methyl sites for hydroxylation is 3. The Balaban J connectivity index is 1.06. The molecule has 6 aliphatic rings. The first kappa shape index (κ1) is 54.5. The summed E-state index contributed by atoms with van der Waals surface area (Å²) >= 11 is 0. The zero-order chi connectivity index (χ0) is 57.5. The molecule has 0 bridgehead atoms. The molecule has 1 fully saturated rings. The summed E-state index contributed by atoms with van der Waals surface area (Å²) in [7, 11) is 0. The van der Waals surface area contributed by atoms with Crippen molar-refractivity contribution in [2.75, 3.05) is 9.80 Å². The predicted molar refractivity (Wildman–Crippen MR) is 350 cm³/mol. The molecule has 3 atom stereocenters. The highest BCUT2D eigenvalue weighted by molar-refractivity contribution is 7.00. The zero-order valence-corrected chi connectivity index (χ0v) is 53.0. The summed E-state index contributed by atoms with van der Waals surface area (Å²) < 4.78 is 0. The summed E-state index contributed by atoms with van der Waals surface area (Å²) in [5.74, 6) is 0.516. The minimum Gasteiger partial charge on any atom is -0.311 e. The average Bonchev–Trinajstić information content (AvgIpc) is 2.67. The van der Waals surface area contributed by atoms with Gasteiger partial charge >= 0.3 is 0 Å². The molecule has 0 saturated heterocycles. The minimum atomic E-state index is -0.0170. The Bertz CT molecular complexity index is 3740. The standard InChI is InChI=1S/C78H93BN2/c1-48-38-68-70-69(39-48)81(65-45-61-58(40-49(65)2)75(13,14)47-76(61,15)16)66-41-50(26-31-56-54-30-28-53(72(6,7)8)43-57(54)78(18)35-23-22-34-77(56,78)17)27-32-62(66)79(70)63-44-59-60(74(11,12)37-36-73(59,9)10)46-67(63)80(68)64-33-29-52(71(3,4)5)42-55(64)51-24-20-19-21-25-51/h19-21,24-25,27-30,32-33,38-46,56H,22-23,26,31,34-37,47H2,1-18H3. The van der Waals surface area contributed by atoms with Gasteiger partial charge in [-0.2, -0.15) is 0 Å². The van der Waals surface area contributed by atoms with E-state index < -0.39 is 0 Å². The molecule has 418 valence electrons. The van der Waals surface area contributed by atoms with Gasteiger partial charge in [-0.25, -0.2) is 0 Å². The highest BCUT2D eigenvalue weighted by atomic mass is 15.2. The van der Waals surface area contributed by atoms with Gasteiger partial charge in [0.2, 0.25) is 0 Å². The SMILES string of the molecule is Cc1cc2c3c(c1)N(c1ccc(C(C)(C)C)cc1-c1ccccc1)c1cc4c(cc1B3c1ccc(CCC3c5ccc(C(C)(C)C)cc5C5(C)CCCCC35C)cc1N2c1cc2c(cc1C)C(C)(C)CC2(C)C)C(C)(C)CCC4(C)C. The van der Waals surface area contributed by atoms with Crippen molar-refractivity contribution < 1.29 is 0 Å². The van der Waals surface area contributed by atoms with Crippen LogP contribution < -0.4 is 26.2 Å². The Labute approximate surface area is 489 Å². The highest BCUT2D eigenvalue weighted by Crippen LogP contribution is 2.67. The smallest absolute Gasteiger partial charge is 0.252 e. The second-order valence-electron chi connectivity index (χ2n) is 32.0. The maximum Gasteiger partial charge on any atom is 0.252 e. The van der Waals surface area contributed by atoms with E-state index in [2.05, 4.69) is 256 Å². The van der Waals surface area contributed by atoms with E-state index in [1.54, 1.807) is 11.1 Å². The van der Waals surface area contributed by atoms with Crippen molar-refractivity contribution in [2.24, 2.45) is 5.41 Å². The van der Waals surface area contributed by atoms with Crippen LogP contribution >= 0.6 is 0 Å². The number of fused-ring (bicyclic) bond motifs is 9. The number of hydrogen-bond acceptors (Lipinski definition) is 2. The summed E-state index contributed by atoms with van der Waals surface area (Å²) in [5, 5.41) is 0. The van der Waals surface area contributed by atoms with Crippen LogP contribution in [0.25, 0.3) is 11.1 Å². The van der Waals surface area contributed by atoms with Crippen molar-refractivity contribution in [2.45, 2.75) is 226 Å². The minimum absolute atomic E-state index is 0.0170. The van der Waals surface area contributed by atoms with Gasteiger partial charge in [0.1, 0.15) is 0 Å². The van der Waals surface area contributed by atoms with Gasteiger partial charge in [-0.05, 0) is 234 Å². The van der Waals surface area contributed by atoms with Crippen LogP contribution in [0.1, 0.15) is 229 Å². The molecule has 3 heteroatoms. The maximum atomic E-state index is 2.77. The largest absolute Gasteiger partial charge is 0.311 e. The van der Waals surface area contributed by atoms with Gasteiger partial charge in [-0.3, -0.25) is 0 Å². The first-order valence-corrected chi connectivity index (χ1v) is 31.5. The third kappa shape index (κ3) is 8.20. The molecule has 0 spiro atoms. The van der Waals surface area contributed by atoms with Crippen LogP contribution in [0.15, 0.2) is 121 Å². The van der Waals surface area contributed by atoms with E-state index in [4.69, 9.17) is 0 Å². The Hall–Kier alpha value is -5.80. The highest BCUT2D eigenvalue weighted by Gasteiger charge is 2.58. The molecule has 7 aromatic rings. The quantitative estimate of drug-likeness (QED) is 0.153. The number of nitrogens with zero attached hydrogens (tertiary/aromatic N) is 2. The van der Waals surface area contributed by atoms with Gasteiger partial charge in [0.05, 0.1) is 5.69 Å². The normalized spacial score (nSPS) is 23.2. The molecular formula is C78H93BN2. The Morgan fingerprint density at radius 3 is 1.72 bits per heavy atom. The third-order valence-electron chi connectivity index (χ3n) is 22.6. The van der Waals surface area contributed by atoms with E-state index in [1.807, 2.05) is 0 Å². The molecular weight excluding hydrogens is 976 g/mol. The van der Waals surface area contributed by atoms with Crippen molar-refractivity contribution in [1.82, 2.24) is 0 Å². The summed E-state index contributed by atoms with van der Waals surface area (Å²) in [6.07, 6.45) is 10.9. The van der Waals surface area contributed by atoms with Gasteiger partial charge in [-0.15, -0.1) is 0 Å². The number of hydrogen-bond donors (Lipinski definition) is 0. The molecule has 2 heterocycles. The van der Waals surface area contributed by atoms with Crippen molar-refractivity contribution in [3.8, 4) is 11.1 Å². The molecule has 3 unspecified atom stereocenters. The van der Waals surface area contributed by atoms with E-state index in [9.17, 15) is 0 Å². The van der Waals surface area contributed by atoms with Gasteiger partial charge < -0.3 is 9.80 Å². The molecule has 2 aliphatic heterocycles. The van der Waals surface area contributed by atoms with Crippen molar-refractivity contribution in [3.63, 3.8) is 0 Å². The van der Waals surface area contributed by atoms with E-state index in [0.29, 0.717) is 5.92 Å². The van der Waals surface area contributed by atoms with Crippen molar-refractivity contribution >= 4 is 57.2 Å². The summed E-state index contributed by atoms with van der Waals surface area (Å²) in [5.41, 5.74) is 31.6. The van der Waals surface area contributed by atoms with Crippen LogP contribution in [-0.2, 0) is 44.3 Å². The second-order valence-corrected chi connectivity index (χ2v) is 32.0. The molecule has 7 aromatic carbocycles. The Morgan fingerprint density at radius 1 is 0.481 bits per heavy atom. The van der Waals surface area contributed by atoms with E-state index in [1.165, 1.54) is 150 Å². The van der Waals surface area contributed by atoms with E-state index in [-0.39, 0.29) is 50.0 Å². The van der Waals surface area contributed by atoms with Crippen LogP contribution in [0.3, 0.4) is 0 Å². The van der Waals surface area contributed by atoms with Gasteiger partial charge in [0.25, 0.3) is 6.71 Å². The molecule has 0 N–H and O–H groups in total. The molecule has 0 radical (unpaired) electrons. The van der Waals surface area contributed by atoms with Crippen LogP contribution in [-0.4, -0.2) is 6.71 Å². The lowest BCUT2D eigenvalue weighted by molar-refractivity contribution is 0.0763. The number of benzene rings is 7. The van der Waals surface area contributed by atoms with Crippen molar-refractivity contribution in [3.05, 3.63) is 183 Å². The molecule has 0 aromatic heterocycles. The molecule has 0 amide bonds. The first-order chi connectivity index (χ1) is 37.9. The van der Waals surface area contributed by atoms with Crippen LogP contribution in [0, 0.1) is 19.3 Å². The fourth-order valence-corrected chi connectivity index (χ4v) is 17.8. The average molecular weight is 1070 g/mol. The fraction of sp³-hybridized carbons (Fsp3) is 0.462. The zero-order valence-electron chi connectivity index (χ0n) is 53.0. The number of rotatable bonds is 6. The van der Waals surface area contributed by atoms with Crippen LogP contribution in [0.2, 0.25) is 0 Å². The van der Waals surface area contributed by atoms with Crippen LogP contribution in [0.4, 0.5) is 34.1 Å². The summed E-state index contributed by atoms with van der Waals surface area (Å²) in [6, 6.07) is 49.9. The van der Waals surface area contributed by atoms with Crippen LogP contribution in [0.5, 0.6) is 0 Å². The lowest BCUT2D eigenvalue weighted by Gasteiger charge is -2.49.